The molecule has 0 radical (unpaired) electrons. The number of nitrogens with one attached hydrogen (secondary N) is 4. The molecule has 10 rings (SSSR count). The largest absolute Gasteiger partial charge is 0.397 e. The number of halogens is 2. The summed E-state index contributed by atoms with van der Waals surface area (Å²) in [4.78, 5) is 48.8. The van der Waals surface area contributed by atoms with Crippen molar-refractivity contribution in [3.8, 4) is 22.5 Å². The Balaban J connectivity index is 0.000000184. The van der Waals surface area contributed by atoms with Gasteiger partial charge in [0.1, 0.15) is 6.20 Å². The summed E-state index contributed by atoms with van der Waals surface area (Å²) in [5.41, 5.74) is 13.8. The lowest BCUT2D eigenvalue weighted by Crippen LogP contribution is -2.40. The van der Waals surface area contributed by atoms with Gasteiger partial charge in [-0.15, -0.1) is 0 Å². The van der Waals surface area contributed by atoms with Crippen LogP contribution in [-0.4, -0.2) is 92.9 Å². The maximum atomic E-state index is 10.9. The highest BCUT2D eigenvalue weighted by Crippen LogP contribution is 2.35. The van der Waals surface area contributed by atoms with E-state index in [1.54, 1.807) is 24.7 Å². The van der Waals surface area contributed by atoms with Crippen molar-refractivity contribution in [1.82, 2.24) is 49.7 Å². The molecule has 0 saturated heterocycles. The topological polar surface area (TPSA) is 209 Å². The Hall–Kier alpha value is -6.72. The highest BCUT2D eigenvalue weighted by Gasteiger charge is 2.28. The number of nitro groups is 1. The van der Waals surface area contributed by atoms with Crippen LogP contribution in [0.3, 0.4) is 0 Å². The summed E-state index contributed by atoms with van der Waals surface area (Å²) < 4.78 is 0. The molecule has 6 heterocycles. The number of hydrogen-bond donors (Lipinski definition) is 5. The number of nitrogen functional groups attached to an aromatic ring is 1. The normalized spacial score (nSPS) is 18.1. The Kier molecular flexibility index (Phi) is 15.6. The maximum absolute atomic E-state index is 10.9. The molecule has 0 amide bonds. The summed E-state index contributed by atoms with van der Waals surface area (Å²) in [5, 5.41) is 21.2. The summed E-state index contributed by atoms with van der Waals surface area (Å²) in [5.74, 6) is 1.19. The minimum absolute atomic E-state index is 0. The summed E-state index contributed by atoms with van der Waals surface area (Å²) in [6.45, 7) is 1.44. The van der Waals surface area contributed by atoms with Crippen molar-refractivity contribution in [3.63, 3.8) is 0 Å². The monoisotopic (exact) mass is 968 g/mol. The third-order valence-electron chi connectivity index (χ3n) is 13.1. The van der Waals surface area contributed by atoms with Crippen LogP contribution in [0.15, 0.2) is 110 Å². The average Bonchev–Trinajstić information content (AvgIpc) is 3.99. The van der Waals surface area contributed by atoms with Gasteiger partial charge in [-0.05, 0) is 95.8 Å². The number of rotatable bonds is 13. The SMILES string of the molecule is C.CN(Cc1ccc(N)cn1)[C@H]1CCC[C@@H](Nc2ncc(Cl)c(-c3c[nH]c4ccccc34)n2)C1.CN(Cc1ccc([N+](=O)[O-])cn1)[C@H]1CCC[C@@H](Nc2ncc(Cl)c(-c3c[nH]c4ccccc34)n2)C1. The molecular formula is C51H58Cl2N14O2. The predicted octanol–water partition coefficient (Wildman–Crippen LogP) is 11.2. The minimum Gasteiger partial charge on any atom is -0.397 e. The van der Waals surface area contributed by atoms with E-state index in [1.807, 2.05) is 67.0 Å². The standard InChI is InChI=1S/C25H26ClN7O2.C25H28ClN7.CH4/c1-32(15-17-9-10-19(12-27-17)33(34)35)18-6-4-5-16(11-18)30-25-29-14-22(26)24(31-25)21-13-28-23-8-3-2-7-20(21)23;1-33(15-18-10-9-16(27)12-28-18)19-6-4-5-17(11-19)31-25-30-14-22(26)24(32-25)21-13-29-23-8-3-2-7-20(21)23;/h2-3,7-10,12-14,16,18,28H,4-6,11,15H2,1H3,(H,29,30,31);2-3,7-10,12-14,17,19,29H,4-6,11,15,27H2,1H3,(H,30,31,32);1H4/t16-,18+;17-,19+;/m11./s1. The van der Waals surface area contributed by atoms with E-state index >= 15 is 0 Å². The van der Waals surface area contributed by atoms with Gasteiger partial charge in [-0.25, -0.2) is 19.9 Å². The maximum Gasteiger partial charge on any atom is 0.287 e. The van der Waals surface area contributed by atoms with E-state index in [4.69, 9.17) is 38.9 Å². The van der Waals surface area contributed by atoms with Crippen LogP contribution in [0.2, 0.25) is 10.0 Å². The van der Waals surface area contributed by atoms with Crippen LogP contribution in [0.25, 0.3) is 44.3 Å². The molecule has 2 fully saturated rings. The van der Waals surface area contributed by atoms with Gasteiger partial charge in [0.15, 0.2) is 0 Å². The Bertz CT molecular complexity index is 2980. The number of hydrogen-bond acceptors (Lipinski definition) is 13. The fourth-order valence-electron chi connectivity index (χ4n) is 9.46. The molecule has 6 aromatic heterocycles. The van der Waals surface area contributed by atoms with Crippen LogP contribution in [0, 0.1) is 10.1 Å². The van der Waals surface area contributed by atoms with E-state index in [-0.39, 0.29) is 19.2 Å². The Morgan fingerprint density at radius 1 is 0.667 bits per heavy atom. The van der Waals surface area contributed by atoms with Crippen LogP contribution >= 0.6 is 23.2 Å². The van der Waals surface area contributed by atoms with Crippen molar-refractivity contribution in [2.45, 2.75) is 96.1 Å². The molecular weight excluding hydrogens is 912 g/mol. The zero-order chi connectivity index (χ0) is 47.1. The van der Waals surface area contributed by atoms with Crippen LogP contribution in [0.5, 0.6) is 0 Å². The summed E-state index contributed by atoms with van der Waals surface area (Å²) in [7, 11) is 4.24. The Labute approximate surface area is 411 Å². The number of nitrogens with zero attached hydrogens (tertiary/aromatic N) is 9. The first-order chi connectivity index (χ1) is 33.0. The van der Waals surface area contributed by atoms with Crippen LogP contribution in [-0.2, 0) is 13.1 Å². The highest BCUT2D eigenvalue weighted by molar-refractivity contribution is 6.33. The van der Waals surface area contributed by atoms with E-state index in [9.17, 15) is 10.1 Å². The molecule has 16 nitrogen and oxygen atoms in total. The van der Waals surface area contributed by atoms with Gasteiger partial charge >= 0.3 is 0 Å². The second-order valence-electron chi connectivity index (χ2n) is 17.8. The summed E-state index contributed by atoms with van der Waals surface area (Å²) in [6.07, 6.45) is 18.9. The number of para-hydroxylation sites is 2. The van der Waals surface area contributed by atoms with E-state index in [0.29, 0.717) is 58.0 Å². The van der Waals surface area contributed by atoms with Gasteiger partial charge in [0.05, 0.1) is 62.0 Å². The average molecular weight is 970 g/mol. The second kappa shape index (κ2) is 22.1. The van der Waals surface area contributed by atoms with Gasteiger partial charge in [0, 0.05) is 88.6 Å². The number of nitrogens with two attached hydrogens (primary N) is 1. The van der Waals surface area contributed by atoms with Crippen molar-refractivity contribution in [1.29, 1.82) is 0 Å². The third-order valence-corrected chi connectivity index (χ3v) is 13.6. The molecule has 18 heteroatoms. The molecule has 2 aliphatic carbocycles. The molecule has 0 unspecified atom stereocenters. The van der Waals surface area contributed by atoms with Gasteiger partial charge < -0.3 is 26.3 Å². The molecule has 0 aliphatic heterocycles. The third kappa shape index (κ3) is 11.8. The first-order valence-corrected chi connectivity index (χ1v) is 23.7. The smallest absolute Gasteiger partial charge is 0.287 e. The van der Waals surface area contributed by atoms with Gasteiger partial charge in [-0.3, -0.25) is 29.9 Å². The summed E-state index contributed by atoms with van der Waals surface area (Å²) in [6, 6.07) is 24.7. The number of anilines is 3. The number of pyridine rings is 2. The van der Waals surface area contributed by atoms with Crippen molar-refractivity contribution in [2.24, 2.45) is 0 Å². The lowest BCUT2D eigenvalue weighted by atomic mass is 9.90. The van der Waals surface area contributed by atoms with Crippen molar-refractivity contribution in [3.05, 3.63) is 142 Å². The van der Waals surface area contributed by atoms with Gasteiger partial charge in [-0.1, -0.05) is 67.0 Å². The van der Waals surface area contributed by atoms with E-state index in [0.717, 1.165) is 102 Å². The van der Waals surface area contributed by atoms with Crippen molar-refractivity contribution < 1.29 is 4.92 Å². The predicted molar refractivity (Wildman–Crippen MR) is 277 cm³/mol. The minimum atomic E-state index is -0.430. The number of benzene rings is 2. The molecule has 4 atom stereocenters. The molecule has 6 N–H and O–H groups in total. The molecule has 2 aliphatic rings. The van der Waals surface area contributed by atoms with Crippen LogP contribution in [0.1, 0.15) is 70.2 Å². The molecule has 8 aromatic rings. The van der Waals surface area contributed by atoms with Gasteiger partial charge in [0.2, 0.25) is 11.9 Å². The number of aromatic amines is 2. The quantitative estimate of drug-likeness (QED) is 0.0539. The first kappa shape index (κ1) is 48.7. The van der Waals surface area contributed by atoms with E-state index < -0.39 is 4.92 Å². The second-order valence-corrected chi connectivity index (χ2v) is 18.6. The zero-order valence-corrected chi connectivity index (χ0v) is 39.5. The molecule has 0 spiro atoms. The molecule has 2 aromatic carbocycles. The van der Waals surface area contributed by atoms with Crippen LogP contribution in [0.4, 0.5) is 23.3 Å². The van der Waals surface area contributed by atoms with Gasteiger partial charge in [-0.2, -0.15) is 0 Å². The fraction of sp³-hybridized carbons (Fsp3) is 0.333. The van der Waals surface area contributed by atoms with E-state index in [2.05, 4.69) is 70.5 Å². The molecule has 2 saturated carbocycles. The summed E-state index contributed by atoms with van der Waals surface area (Å²) >= 11 is 13.0. The molecule has 0 bridgehead atoms. The molecule has 69 heavy (non-hydrogen) atoms. The van der Waals surface area contributed by atoms with Crippen molar-refractivity contribution >= 4 is 68.3 Å². The van der Waals surface area contributed by atoms with Gasteiger partial charge in [0.25, 0.3) is 5.69 Å². The lowest BCUT2D eigenvalue weighted by molar-refractivity contribution is -0.385. The lowest BCUT2D eigenvalue weighted by Gasteiger charge is -2.35. The fourth-order valence-corrected chi connectivity index (χ4v) is 9.84. The number of H-pyrrole nitrogens is 2. The Morgan fingerprint density at radius 2 is 1.14 bits per heavy atom. The Morgan fingerprint density at radius 3 is 1.59 bits per heavy atom. The van der Waals surface area contributed by atoms with Crippen LogP contribution < -0.4 is 16.4 Å². The molecule has 358 valence electrons. The van der Waals surface area contributed by atoms with E-state index in [1.165, 1.54) is 18.7 Å². The highest BCUT2D eigenvalue weighted by atomic mass is 35.5. The van der Waals surface area contributed by atoms with Crippen molar-refractivity contribution in [2.75, 3.05) is 30.5 Å². The number of aromatic nitrogens is 8. The zero-order valence-electron chi connectivity index (χ0n) is 37.9. The first-order valence-electron chi connectivity index (χ1n) is 23.0. The number of fused-ring (bicyclic) bond motifs is 2.